The SMILES string of the molecule is Cc1cc2nc(C(C)C)sc2n1C. The van der Waals surface area contributed by atoms with Gasteiger partial charge in [-0.3, -0.25) is 0 Å². The Morgan fingerprint density at radius 2 is 2.15 bits per heavy atom. The molecule has 2 aromatic rings. The monoisotopic (exact) mass is 194 g/mol. The van der Waals surface area contributed by atoms with Crippen LogP contribution in [-0.2, 0) is 7.05 Å². The second-order valence-corrected chi connectivity index (χ2v) is 4.75. The number of nitrogens with zero attached hydrogens (tertiary/aromatic N) is 2. The van der Waals surface area contributed by atoms with Crippen LogP contribution in [0, 0.1) is 6.92 Å². The van der Waals surface area contributed by atoms with Crippen molar-refractivity contribution < 1.29 is 0 Å². The van der Waals surface area contributed by atoms with Crippen LogP contribution in [0.1, 0.15) is 30.5 Å². The fraction of sp³-hybridized carbons (Fsp3) is 0.500. The second-order valence-electron chi connectivity index (χ2n) is 3.74. The molecule has 0 bridgehead atoms. The average molecular weight is 194 g/mol. The minimum atomic E-state index is 0.540. The lowest BCUT2D eigenvalue weighted by atomic mass is 10.2. The van der Waals surface area contributed by atoms with E-state index in [9.17, 15) is 0 Å². The summed E-state index contributed by atoms with van der Waals surface area (Å²) in [6.07, 6.45) is 0. The molecule has 13 heavy (non-hydrogen) atoms. The third-order valence-corrected chi connectivity index (χ3v) is 3.77. The largest absolute Gasteiger partial charge is 0.338 e. The highest BCUT2D eigenvalue weighted by molar-refractivity contribution is 7.18. The Kier molecular flexibility index (Phi) is 1.91. The molecular formula is C10H14N2S. The van der Waals surface area contributed by atoms with E-state index in [0.717, 1.165) is 5.52 Å². The fourth-order valence-corrected chi connectivity index (χ4v) is 2.44. The molecule has 0 aromatic carbocycles. The topological polar surface area (TPSA) is 17.8 Å². The van der Waals surface area contributed by atoms with E-state index in [4.69, 9.17) is 0 Å². The van der Waals surface area contributed by atoms with Gasteiger partial charge in [0.15, 0.2) is 0 Å². The minimum absolute atomic E-state index is 0.540. The molecular weight excluding hydrogens is 180 g/mol. The maximum absolute atomic E-state index is 4.59. The summed E-state index contributed by atoms with van der Waals surface area (Å²) >= 11 is 1.80. The zero-order valence-corrected chi connectivity index (χ0v) is 9.27. The Morgan fingerprint density at radius 3 is 2.69 bits per heavy atom. The van der Waals surface area contributed by atoms with Gasteiger partial charge in [0, 0.05) is 18.7 Å². The highest BCUT2D eigenvalue weighted by Gasteiger charge is 2.10. The normalized spacial score (nSPS) is 11.8. The van der Waals surface area contributed by atoms with Gasteiger partial charge >= 0.3 is 0 Å². The molecule has 2 rings (SSSR count). The number of rotatable bonds is 1. The van der Waals surface area contributed by atoms with Crippen molar-refractivity contribution in [3.05, 3.63) is 16.8 Å². The van der Waals surface area contributed by atoms with E-state index in [-0.39, 0.29) is 0 Å². The zero-order chi connectivity index (χ0) is 9.59. The molecule has 0 atom stereocenters. The lowest BCUT2D eigenvalue weighted by Gasteiger charge is -1.97. The zero-order valence-electron chi connectivity index (χ0n) is 8.46. The molecule has 0 saturated carbocycles. The number of aryl methyl sites for hydroxylation is 2. The summed E-state index contributed by atoms with van der Waals surface area (Å²) in [5, 5.41) is 1.24. The van der Waals surface area contributed by atoms with Crippen molar-refractivity contribution in [2.24, 2.45) is 7.05 Å². The predicted octanol–water partition coefficient (Wildman–Crippen LogP) is 3.07. The molecule has 70 valence electrons. The number of hydrogen-bond acceptors (Lipinski definition) is 2. The first-order valence-corrected chi connectivity index (χ1v) is 5.34. The van der Waals surface area contributed by atoms with Gasteiger partial charge in [0.2, 0.25) is 0 Å². The molecule has 0 aliphatic carbocycles. The Labute approximate surface area is 82.2 Å². The van der Waals surface area contributed by atoms with Crippen LogP contribution in [0.15, 0.2) is 6.07 Å². The first-order chi connectivity index (χ1) is 6.09. The van der Waals surface area contributed by atoms with E-state index in [1.54, 1.807) is 11.3 Å². The Balaban J connectivity index is 2.65. The van der Waals surface area contributed by atoms with Crippen LogP contribution < -0.4 is 0 Å². The van der Waals surface area contributed by atoms with Crippen molar-refractivity contribution in [3.8, 4) is 0 Å². The quantitative estimate of drug-likeness (QED) is 0.682. The summed E-state index contributed by atoms with van der Waals surface area (Å²) in [5.41, 5.74) is 2.43. The van der Waals surface area contributed by atoms with Crippen molar-refractivity contribution in [2.75, 3.05) is 0 Å². The third-order valence-electron chi connectivity index (χ3n) is 2.32. The van der Waals surface area contributed by atoms with Gasteiger partial charge in [0.25, 0.3) is 0 Å². The fourth-order valence-electron chi connectivity index (χ4n) is 1.38. The smallest absolute Gasteiger partial charge is 0.123 e. The van der Waals surface area contributed by atoms with Gasteiger partial charge < -0.3 is 4.57 Å². The second kappa shape index (κ2) is 2.84. The average Bonchev–Trinajstić information content (AvgIpc) is 2.55. The van der Waals surface area contributed by atoms with Crippen LogP contribution in [0.25, 0.3) is 10.3 Å². The van der Waals surface area contributed by atoms with Gasteiger partial charge in [0.05, 0.1) is 5.01 Å². The summed E-state index contributed by atoms with van der Waals surface area (Å²) in [4.78, 5) is 5.88. The molecule has 0 saturated heterocycles. The number of thiazole rings is 1. The minimum Gasteiger partial charge on any atom is -0.338 e. The van der Waals surface area contributed by atoms with Crippen LogP contribution in [-0.4, -0.2) is 9.55 Å². The summed E-state index contributed by atoms with van der Waals surface area (Å²) in [6, 6.07) is 2.15. The lowest BCUT2D eigenvalue weighted by Crippen LogP contribution is -1.87. The van der Waals surface area contributed by atoms with E-state index >= 15 is 0 Å². The molecule has 0 aliphatic rings. The molecule has 0 fully saturated rings. The maximum Gasteiger partial charge on any atom is 0.123 e. The standard InChI is InChI=1S/C10H14N2S/c1-6(2)9-11-8-5-7(3)12(4)10(8)13-9/h5-6H,1-4H3. The van der Waals surface area contributed by atoms with Crippen molar-refractivity contribution in [1.82, 2.24) is 9.55 Å². The lowest BCUT2D eigenvalue weighted by molar-refractivity contribution is 0.856. The van der Waals surface area contributed by atoms with Gasteiger partial charge in [-0.15, -0.1) is 11.3 Å². The summed E-state index contributed by atoms with van der Waals surface area (Å²) in [6.45, 7) is 6.48. The van der Waals surface area contributed by atoms with Crippen LogP contribution >= 0.6 is 11.3 Å². The number of hydrogen-bond donors (Lipinski definition) is 0. The number of aromatic nitrogens is 2. The third kappa shape index (κ3) is 1.27. The highest BCUT2D eigenvalue weighted by Crippen LogP contribution is 2.28. The van der Waals surface area contributed by atoms with E-state index < -0.39 is 0 Å². The van der Waals surface area contributed by atoms with Crippen LogP contribution in [0.3, 0.4) is 0 Å². The van der Waals surface area contributed by atoms with E-state index in [0.29, 0.717) is 5.92 Å². The van der Waals surface area contributed by atoms with Crippen molar-refractivity contribution >= 4 is 21.7 Å². The van der Waals surface area contributed by atoms with Gasteiger partial charge in [0.1, 0.15) is 10.3 Å². The molecule has 2 aromatic heterocycles. The Hall–Kier alpha value is -0.830. The Bertz CT molecular complexity index is 437. The van der Waals surface area contributed by atoms with E-state index in [2.05, 4.69) is 43.4 Å². The predicted molar refractivity (Wildman–Crippen MR) is 57.4 cm³/mol. The van der Waals surface area contributed by atoms with Crippen LogP contribution in [0.4, 0.5) is 0 Å². The van der Waals surface area contributed by atoms with Gasteiger partial charge in [-0.2, -0.15) is 0 Å². The molecule has 0 radical (unpaired) electrons. The van der Waals surface area contributed by atoms with Crippen LogP contribution in [0.2, 0.25) is 0 Å². The first-order valence-electron chi connectivity index (χ1n) is 4.52. The molecule has 2 heterocycles. The van der Waals surface area contributed by atoms with E-state index in [1.165, 1.54) is 15.5 Å². The summed E-state index contributed by atoms with van der Waals surface area (Å²) in [7, 11) is 2.10. The molecule has 0 spiro atoms. The Morgan fingerprint density at radius 1 is 1.46 bits per heavy atom. The highest BCUT2D eigenvalue weighted by atomic mass is 32.1. The van der Waals surface area contributed by atoms with Gasteiger partial charge in [-0.1, -0.05) is 13.8 Å². The maximum atomic E-state index is 4.59. The molecule has 0 amide bonds. The van der Waals surface area contributed by atoms with Gasteiger partial charge in [-0.05, 0) is 13.0 Å². The van der Waals surface area contributed by atoms with Crippen LogP contribution in [0.5, 0.6) is 0 Å². The molecule has 0 unspecified atom stereocenters. The molecule has 0 aliphatic heterocycles. The van der Waals surface area contributed by atoms with Crippen molar-refractivity contribution in [2.45, 2.75) is 26.7 Å². The van der Waals surface area contributed by atoms with Gasteiger partial charge in [-0.25, -0.2) is 4.98 Å². The molecule has 3 heteroatoms. The van der Waals surface area contributed by atoms with E-state index in [1.807, 2.05) is 0 Å². The van der Waals surface area contributed by atoms with Crippen molar-refractivity contribution in [1.29, 1.82) is 0 Å². The summed E-state index contributed by atoms with van der Waals surface area (Å²) in [5.74, 6) is 0.540. The van der Waals surface area contributed by atoms with Crippen molar-refractivity contribution in [3.63, 3.8) is 0 Å². The first kappa shape index (κ1) is 8.75. The molecule has 0 N–H and O–H groups in total. The molecule has 2 nitrogen and oxygen atoms in total. The number of fused-ring (bicyclic) bond motifs is 1. The summed E-state index contributed by atoms with van der Waals surface area (Å²) < 4.78 is 2.21.